The molecule has 0 aliphatic rings. The number of hydrogen-bond donors (Lipinski definition) is 2. The summed E-state index contributed by atoms with van der Waals surface area (Å²) in [6, 6.07) is 2.37. The van der Waals surface area contributed by atoms with E-state index in [1.807, 2.05) is 0 Å². The average molecular weight is 395 g/mol. The predicted molar refractivity (Wildman–Crippen MR) is 81.4 cm³/mol. The molecule has 0 aliphatic heterocycles. The van der Waals surface area contributed by atoms with Gasteiger partial charge in [0.25, 0.3) is 5.91 Å². The number of pyridine rings is 1. The van der Waals surface area contributed by atoms with E-state index in [0.29, 0.717) is 10.9 Å². The van der Waals surface area contributed by atoms with Gasteiger partial charge in [-0.3, -0.25) is 15.1 Å². The molecule has 1 aromatic carbocycles. The van der Waals surface area contributed by atoms with Crippen molar-refractivity contribution in [2.24, 2.45) is 0 Å². The van der Waals surface area contributed by atoms with Gasteiger partial charge in [-0.2, -0.15) is 30.7 Å². The van der Waals surface area contributed by atoms with E-state index in [0.717, 1.165) is 6.07 Å². The minimum atomic E-state index is -6.54. The highest BCUT2D eigenvalue weighted by Gasteiger charge is 2.74. The van der Waals surface area contributed by atoms with Crippen LogP contribution in [0.3, 0.4) is 0 Å². The van der Waals surface area contributed by atoms with Crippen LogP contribution in [0.4, 0.5) is 36.4 Å². The van der Waals surface area contributed by atoms with Crippen molar-refractivity contribution < 1.29 is 35.5 Å². The minimum Gasteiger partial charge on any atom is -0.380 e. The third-order valence-electron chi connectivity index (χ3n) is 3.42. The lowest BCUT2D eigenvalue weighted by Gasteiger charge is -2.28. The third-order valence-corrected chi connectivity index (χ3v) is 3.42. The van der Waals surface area contributed by atoms with Crippen LogP contribution in [0.5, 0.6) is 0 Å². The van der Waals surface area contributed by atoms with E-state index in [-0.39, 0.29) is 12.2 Å². The molecular weight excluding hydrogens is 383 g/mol. The molecule has 0 unspecified atom stereocenters. The summed E-state index contributed by atoms with van der Waals surface area (Å²) >= 11 is 0. The number of benzene rings is 1. The van der Waals surface area contributed by atoms with Gasteiger partial charge >= 0.3 is 18.1 Å². The molecule has 2 aromatic rings. The van der Waals surface area contributed by atoms with Crippen molar-refractivity contribution in [1.29, 1.82) is 0 Å². The number of carbonyl (C=O) groups excluding carboxylic acids is 1. The number of halogens is 7. The van der Waals surface area contributed by atoms with Crippen LogP contribution in [0, 0.1) is 0 Å². The van der Waals surface area contributed by atoms with Gasteiger partial charge in [0.1, 0.15) is 0 Å². The van der Waals surface area contributed by atoms with Gasteiger partial charge in [-0.15, -0.1) is 0 Å². The molecule has 0 aliphatic carbocycles. The summed E-state index contributed by atoms with van der Waals surface area (Å²) in [4.78, 5) is 15.7. The van der Waals surface area contributed by atoms with Crippen LogP contribution in [0.25, 0.3) is 0 Å². The Morgan fingerprint density at radius 3 is 2.11 bits per heavy atom. The minimum absolute atomic E-state index is 0.0297. The molecule has 1 aromatic heterocycles. The van der Waals surface area contributed by atoms with Crippen molar-refractivity contribution in [3.63, 3.8) is 0 Å². The summed E-state index contributed by atoms with van der Waals surface area (Å²) in [5.74, 6) is -8.23. The number of amides is 1. The van der Waals surface area contributed by atoms with Crippen molar-refractivity contribution in [2.75, 3.05) is 5.32 Å². The molecule has 1 amide bonds. The SMILES string of the molecule is O=C(NC(F)(F)C(F)(F)C(F)(F)F)c1ccccc1NCc1ccncc1. The average Bonchev–Trinajstić information content (AvgIpc) is 2.59. The highest BCUT2D eigenvalue weighted by Crippen LogP contribution is 2.45. The smallest absolute Gasteiger partial charge is 0.380 e. The molecule has 2 rings (SSSR count). The highest BCUT2D eigenvalue weighted by molar-refractivity contribution is 5.99. The van der Waals surface area contributed by atoms with E-state index in [4.69, 9.17) is 0 Å². The zero-order chi connectivity index (χ0) is 20.3. The van der Waals surface area contributed by atoms with Crippen LogP contribution >= 0.6 is 0 Å². The van der Waals surface area contributed by atoms with E-state index in [2.05, 4.69) is 10.3 Å². The zero-order valence-electron chi connectivity index (χ0n) is 13.3. The van der Waals surface area contributed by atoms with Crippen LogP contribution in [0.15, 0.2) is 48.8 Å². The quantitative estimate of drug-likeness (QED) is 0.569. The Labute approximate surface area is 148 Å². The molecular formula is C16H12F7N3O. The Bertz CT molecular complexity index is 794. The Hall–Kier alpha value is -2.85. The van der Waals surface area contributed by atoms with Gasteiger partial charge in [-0.1, -0.05) is 12.1 Å². The molecule has 0 atom stereocenters. The van der Waals surface area contributed by atoms with Gasteiger partial charge in [0, 0.05) is 24.6 Å². The standard InChI is InChI=1S/C16H12F7N3O/c17-14(18,15(19,20)21)16(22,23)26-13(27)11-3-1-2-4-12(11)25-9-10-5-7-24-8-6-10/h1-8,25H,9H2,(H,26,27). The number of carbonyl (C=O) groups is 1. The van der Waals surface area contributed by atoms with Gasteiger partial charge in [-0.05, 0) is 29.8 Å². The highest BCUT2D eigenvalue weighted by atomic mass is 19.4. The maximum Gasteiger partial charge on any atom is 0.462 e. The summed E-state index contributed by atoms with van der Waals surface area (Å²) in [7, 11) is 0. The monoisotopic (exact) mass is 395 g/mol. The van der Waals surface area contributed by atoms with Gasteiger partial charge in [0.05, 0.1) is 5.56 Å². The third kappa shape index (κ3) is 4.47. The lowest BCUT2D eigenvalue weighted by atomic mass is 10.1. The molecule has 11 heteroatoms. The number of para-hydroxylation sites is 1. The number of rotatable bonds is 6. The topological polar surface area (TPSA) is 54.0 Å². The fourth-order valence-electron chi connectivity index (χ4n) is 2.00. The first-order valence-electron chi connectivity index (χ1n) is 7.32. The van der Waals surface area contributed by atoms with E-state index in [1.165, 1.54) is 30.6 Å². The number of hydrogen-bond acceptors (Lipinski definition) is 3. The number of nitrogens with zero attached hydrogens (tertiary/aromatic N) is 1. The largest absolute Gasteiger partial charge is 0.462 e. The molecule has 0 bridgehead atoms. The first-order chi connectivity index (χ1) is 12.5. The lowest BCUT2D eigenvalue weighted by Crippen LogP contribution is -2.60. The Balaban J connectivity index is 2.19. The summed E-state index contributed by atoms with van der Waals surface area (Å²) in [5.41, 5.74) is 0.149. The molecule has 0 radical (unpaired) electrons. The fraction of sp³-hybridized carbons (Fsp3) is 0.250. The van der Waals surface area contributed by atoms with Crippen molar-refractivity contribution in [2.45, 2.75) is 24.7 Å². The summed E-state index contributed by atoms with van der Waals surface area (Å²) in [6.07, 6.45) is -3.58. The van der Waals surface area contributed by atoms with E-state index >= 15 is 0 Å². The number of anilines is 1. The van der Waals surface area contributed by atoms with Crippen LogP contribution in [-0.4, -0.2) is 29.0 Å². The molecule has 27 heavy (non-hydrogen) atoms. The Morgan fingerprint density at radius 1 is 0.926 bits per heavy atom. The molecule has 0 saturated heterocycles. The van der Waals surface area contributed by atoms with Crippen molar-refractivity contribution in [1.82, 2.24) is 10.3 Å². The maximum atomic E-state index is 13.4. The Kier molecular flexibility index (Phi) is 5.62. The number of aromatic nitrogens is 1. The van der Waals surface area contributed by atoms with Crippen LogP contribution in [0.2, 0.25) is 0 Å². The molecule has 2 N–H and O–H groups in total. The predicted octanol–water partition coefficient (Wildman–Crippen LogP) is 4.21. The van der Waals surface area contributed by atoms with Gasteiger partial charge in [-0.25, -0.2) is 0 Å². The Morgan fingerprint density at radius 2 is 1.52 bits per heavy atom. The summed E-state index contributed by atoms with van der Waals surface area (Å²) in [6.45, 7) is 0.127. The molecule has 4 nitrogen and oxygen atoms in total. The van der Waals surface area contributed by atoms with Crippen LogP contribution in [0.1, 0.15) is 15.9 Å². The zero-order valence-corrected chi connectivity index (χ0v) is 13.3. The number of nitrogens with one attached hydrogen (secondary N) is 2. The van der Waals surface area contributed by atoms with E-state index in [1.54, 1.807) is 12.1 Å². The van der Waals surface area contributed by atoms with Gasteiger partial charge in [0.15, 0.2) is 0 Å². The second-order valence-electron chi connectivity index (χ2n) is 5.36. The van der Waals surface area contributed by atoms with Crippen LogP contribution in [-0.2, 0) is 6.54 Å². The second kappa shape index (κ2) is 7.41. The first-order valence-corrected chi connectivity index (χ1v) is 7.32. The second-order valence-corrected chi connectivity index (χ2v) is 5.36. The molecule has 0 spiro atoms. The number of alkyl halides is 7. The van der Waals surface area contributed by atoms with Crippen LogP contribution < -0.4 is 10.6 Å². The maximum absolute atomic E-state index is 13.4. The van der Waals surface area contributed by atoms with E-state index < -0.39 is 29.6 Å². The lowest BCUT2D eigenvalue weighted by molar-refractivity contribution is -0.358. The fourth-order valence-corrected chi connectivity index (χ4v) is 2.00. The first kappa shape index (κ1) is 20.5. The molecule has 0 fully saturated rings. The normalized spacial score (nSPS) is 12.6. The van der Waals surface area contributed by atoms with Gasteiger partial charge < -0.3 is 5.32 Å². The van der Waals surface area contributed by atoms with Gasteiger partial charge in [0.2, 0.25) is 0 Å². The summed E-state index contributed by atoms with van der Waals surface area (Å²) in [5, 5.41) is 3.19. The van der Waals surface area contributed by atoms with Crippen molar-refractivity contribution in [3.05, 3.63) is 59.9 Å². The molecule has 1 heterocycles. The van der Waals surface area contributed by atoms with Crippen molar-refractivity contribution in [3.8, 4) is 0 Å². The van der Waals surface area contributed by atoms with Crippen molar-refractivity contribution >= 4 is 11.6 Å². The summed E-state index contributed by atoms with van der Waals surface area (Å²) < 4.78 is 89.2. The molecule has 146 valence electrons. The van der Waals surface area contributed by atoms with E-state index in [9.17, 15) is 35.5 Å². The molecule has 0 saturated carbocycles.